The minimum Gasteiger partial charge on any atom is -0.479 e. The van der Waals surface area contributed by atoms with Crippen molar-refractivity contribution in [1.82, 2.24) is 20.4 Å². The quantitative estimate of drug-likeness (QED) is 0.429. The molecule has 0 spiro atoms. The Morgan fingerprint density at radius 2 is 1.87 bits per heavy atom. The third kappa shape index (κ3) is 7.39. The number of nitrogens with zero attached hydrogens (tertiary/aromatic N) is 2. The fourth-order valence-corrected chi connectivity index (χ4v) is 6.31. The van der Waals surface area contributed by atoms with Gasteiger partial charge >= 0.3 is 18.2 Å². The number of carbonyl (C=O) groups is 5. The van der Waals surface area contributed by atoms with E-state index in [-0.39, 0.29) is 38.4 Å². The maximum atomic E-state index is 14.0. The molecule has 4 aliphatic rings. The van der Waals surface area contributed by atoms with E-state index >= 15 is 0 Å². The lowest BCUT2D eigenvalue weighted by molar-refractivity contribution is -0.145. The van der Waals surface area contributed by atoms with Crippen LogP contribution in [-0.2, 0) is 36.9 Å². The molecular formula is C32H41FN4O8. The van der Waals surface area contributed by atoms with Gasteiger partial charge in [0.15, 0.2) is 0 Å². The number of ether oxygens (including phenoxy) is 2. The second-order valence-electron chi connectivity index (χ2n) is 13.4. The second-order valence-corrected chi connectivity index (χ2v) is 13.4. The zero-order valence-corrected chi connectivity index (χ0v) is 25.8. The Balaban J connectivity index is 1.36. The third-order valence-corrected chi connectivity index (χ3v) is 8.73. The lowest BCUT2D eigenvalue weighted by Gasteiger charge is -2.30. The molecular weight excluding hydrogens is 587 g/mol. The second kappa shape index (κ2) is 12.7. The number of rotatable bonds is 3. The molecule has 3 aliphatic heterocycles. The monoisotopic (exact) mass is 628 g/mol. The van der Waals surface area contributed by atoms with Crippen LogP contribution in [0.15, 0.2) is 30.4 Å². The van der Waals surface area contributed by atoms with Gasteiger partial charge in [-0.1, -0.05) is 31.1 Å². The van der Waals surface area contributed by atoms with Gasteiger partial charge in [0.25, 0.3) is 0 Å². The van der Waals surface area contributed by atoms with Gasteiger partial charge in [0.05, 0.1) is 6.54 Å². The number of aliphatic carboxylic acids is 1. The van der Waals surface area contributed by atoms with Gasteiger partial charge in [-0.15, -0.1) is 0 Å². The van der Waals surface area contributed by atoms with Gasteiger partial charge in [-0.2, -0.15) is 0 Å². The standard InChI is InChI=1S/C32H41FN4O8/c1-31(2,3)45-29(42)34-24-10-8-6-4-5-7-9-21-15-32(21,28(40)41)35-26(38)25-14-23(18-37(25)27(24)39)44-30(43)36-16-19-11-12-22(33)13-20(19)17-36/h7,9,11-13,21,23-25H,4-6,8,10,14-18H2,1-3H3,(H,34,42)(H,35,38)(H,40,41)/t21-,23-,24-,25+,32-/m1/s1. The summed E-state index contributed by atoms with van der Waals surface area (Å²) in [6, 6.07) is 2.15. The van der Waals surface area contributed by atoms with Crippen LogP contribution in [0.5, 0.6) is 0 Å². The maximum Gasteiger partial charge on any atom is 0.410 e. The summed E-state index contributed by atoms with van der Waals surface area (Å²) < 4.78 is 24.9. The lowest BCUT2D eigenvalue weighted by atomic mass is 10.0. The first-order valence-electron chi connectivity index (χ1n) is 15.5. The van der Waals surface area contributed by atoms with Crippen molar-refractivity contribution >= 4 is 30.0 Å². The Morgan fingerprint density at radius 1 is 1.11 bits per heavy atom. The number of alkyl carbamates (subject to hydrolysis) is 1. The van der Waals surface area contributed by atoms with Crippen molar-refractivity contribution in [3.8, 4) is 0 Å². The summed E-state index contributed by atoms with van der Waals surface area (Å²) in [5, 5.41) is 15.4. The van der Waals surface area contributed by atoms with E-state index in [0.717, 1.165) is 24.8 Å². The van der Waals surface area contributed by atoms with E-state index in [2.05, 4.69) is 10.6 Å². The predicted molar refractivity (Wildman–Crippen MR) is 158 cm³/mol. The van der Waals surface area contributed by atoms with Crippen molar-refractivity contribution in [1.29, 1.82) is 0 Å². The summed E-state index contributed by atoms with van der Waals surface area (Å²) in [5.74, 6) is -3.17. The van der Waals surface area contributed by atoms with E-state index in [1.165, 1.54) is 21.9 Å². The fraction of sp³-hybridized carbons (Fsp3) is 0.594. The first kappa shape index (κ1) is 32.2. The Hall–Kier alpha value is -4.16. The van der Waals surface area contributed by atoms with E-state index in [4.69, 9.17) is 9.47 Å². The van der Waals surface area contributed by atoms with Gasteiger partial charge in [0, 0.05) is 25.4 Å². The van der Waals surface area contributed by atoms with Gasteiger partial charge in [-0.25, -0.2) is 18.8 Å². The van der Waals surface area contributed by atoms with Gasteiger partial charge in [-0.3, -0.25) is 14.5 Å². The molecule has 1 aromatic carbocycles. The van der Waals surface area contributed by atoms with E-state index < -0.39 is 65.1 Å². The smallest absolute Gasteiger partial charge is 0.410 e. The van der Waals surface area contributed by atoms with Crippen molar-refractivity contribution in [2.75, 3.05) is 6.54 Å². The number of fused-ring (bicyclic) bond motifs is 3. The Bertz CT molecular complexity index is 1390. The summed E-state index contributed by atoms with van der Waals surface area (Å²) in [6.07, 6.45) is 4.77. The highest BCUT2D eigenvalue weighted by Gasteiger charge is 2.61. The van der Waals surface area contributed by atoms with Gasteiger partial charge in [-0.05, 0) is 69.7 Å². The molecule has 13 heteroatoms. The first-order chi connectivity index (χ1) is 21.3. The van der Waals surface area contributed by atoms with E-state index in [1.54, 1.807) is 26.8 Å². The summed E-state index contributed by atoms with van der Waals surface area (Å²) in [7, 11) is 0. The Labute approximate surface area is 261 Å². The van der Waals surface area contributed by atoms with Crippen LogP contribution in [-0.4, -0.2) is 80.7 Å². The highest BCUT2D eigenvalue weighted by molar-refractivity contribution is 5.96. The Morgan fingerprint density at radius 3 is 2.60 bits per heavy atom. The average Bonchev–Trinajstić information content (AvgIpc) is 3.26. The van der Waals surface area contributed by atoms with Crippen LogP contribution in [0.3, 0.4) is 0 Å². The van der Waals surface area contributed by atoms with Crippen LogP contribution in [0.25, 0.3) is 0 Å². The molecule has 3 N–H and O–H groups in total. The highest BCUT2D eigenvalue weighted by Crippen LogP contribution is 2.45. The van der Waals surface area contributed by atoms with Gasteiger partial charge in [0.2, 0.25) is 11.8 Å². The molecule has 1 saturated heterocycles. The zero-order chi connectivity index (χ0) is 32.5. The molecule has 4 amide bonds. The highest BCUT2D eigenvalue weighted by atomic mass is 19.1. The number of allylic oxidation sites excluding steroid dienone is 1. The number of halogens is 1. The molecule has 0 radical (unpaired) electrons. The van der Waals surface area contributed by atoms with Crippen molar-refractivity contribution < 1.29 is 42.9 Å². The molecule has 12 nitrogen and oxygen atoms in total. The zero-order valence-electron chi connectivity index (χ0n) is 25.8. The topological polar surface area (TPSA) is 155 Å². The first-order valence-corrected chi connectivity index (χ1v) is 15.5. The summed E-state index contributed by atoms with van der Waals surface area (Å²) in [5.41, 5.74) is -0.822. The number of hydrogen-bond donors (Lipinski definition) is 3. The van der Waals surface area contributed by atoms with E-state index in [1.807, 2.05) is 12.2 Å². The van der Waals surface area contributed by atoms with Crippen LogP contribution in [0.2, 0.25) is 0 Å². The van der Waals surface area contributed by atoms with Crippen molar-refractivity contribution in [3.05, 3.63) is 47.3 Å². The minimum atomic E-state index is -1.48. The summed E-state index contributed by atoms with van der Waals surface area (Å²) in [6.45, 7) is 5.37. The summed E-state index contributed by atoms with van der Waals surface area (Å²) >= 11 is 0. The SMILES string of the molecule is CC(C)(C)OC(=O)N[C@@H]1CCCCCC=C[C@@H]2C[C@@]2(C(=O)O)NC(=O)[C@@H]2C[C@@H](OC(=O)N3Cc4ccc(F)cc4C3)CN2C1=O. The number of nitrogens with one attached hydrogen (secondary N) is 2. The molecule has 2 fully saturated rings. The molecule has 5 rings (SSSR count). The number of benzene rings is 1. The van der Waals surface area contributed by atoms with Crippen LogP contribution in [0.1, 0.15) is 76.8 Å². The molecule has 1 aromatic rings. The third-order valence-electron chi connectivity index (χ3n) is 8.73. The van der Waals surface area contributed by atoms with Gasteiger partial charge in [0.1, 0.15) is 35.1 Å². The summed E-state index contributed by atoms with van der Waals surface area (Å²) in [4.78, 5) is 68.6. The van der Waals surface area contributed by atoms with E-state index in [0.29, 0.717) is 18.4 Å². The average molecular weight is 629 g/mol. The van der Waals surface area contributed by atoms with Crippen LogP contribution < -0.4 is 10.6 Å². The number of carboxylic acids is 1. The van der Waals surface area contributed by atoms with Crippen molar-refractivity contribution in [3.63, 3.8) is 0 Å². The number of amides is 4. The molecule has 244 valence electrons. The normalized spacial score (nSPS) is 28.5. The number of hydrogen-bond acceptors (Lipinski definition) is 7. The molecule has 0 bridgehead atoms. The van der Waals surface area contributed by atoms with Crippen molar-refractivity contribution in [2.45, 2.75) is 108 Å². The molecule has 0 unspecified atom stereocenters. The molecule has 1 saturated carbocycles. The lowest BCUT2D eigenvalue weighted by Crippen LogP contribution is -2.56. The molecule has 1 aliphatic carbocycles. The molecule has 3 heterocycles. The predicted octanol–water partition coefficient (Wildman–Crippen LogP) is 3.62. The minimum absolute atomic E-state index is 0.0614. The van der Waals surface area contributed by atoms with Gasteiger partial charge < -0.3 is 30.1 Å². The van der Waals surface area contributed by atoms with Crippen LogP contribution in [0.4, 0.5) is 14.0 Å². The fourth-order valence-electron chi connectivity index (χ4n) is 6.31. The molecule has 0 aromatic heterocycles. The Kier molecular flexibility index (Phi) is 9.09. The number of carboxylic acid groups (broad SMARTS) is 1. The van der Waals surface area contributed by atoms with Crippen LogP contribution >= 0.6 is 0 Å². The largest absolute Gasteiger partial charge is 0.479 e. The molecule has 5 atom stereocenters. The molecule has 45 heavy (non-hydrogen) atoms. The van der Waals surface area contributed by atoms with Crippen molar-refractivity contribution in [2.24, 2.45) is 5.92 Å². The van der Waals surface area contributed by atoms with Crippen LogP contribution in [0, 0.1) is 11.7 Å². The maximum absolute atomic E-state index is 14.0. The number of carbonyl (C=O) groups excluding carboxylic acids is 4. The van der Waals surface area contributed by atoms with E-state index in [9.17, 15) is 33.5 Å².